The van der Waals surface area contributed by atoms with Crippen LogP contribution in [-0.4, -0.2) is 23.0 Å². The summed E-state index contributed by atoms with van der Waals surface area (Å²) in [4.78, 5) is 12.7. The van der Waals surface area contributed by atoms with E-state index >= 15 is 0 Å². The zero-order valence-electron chi connectivity index (χ0n) is 10.3. The second kappa shape index (κ2) is 5.06. The molecule has 0 aliphatic carbocycles. The van der Waals surface area contributed by atoms with E-state index in [-0.39, 0.29) is 5.91 Å². The van der Waals surface area contributed by atoms with Gasteiger partial charge in [-0.3, -0.25) is 10.2 Å². The van der Waals surface area contributed by atoms with Gasteiger partial charge in [0.25, 0.3) is 5.91 Å². The van der Waals surface area contributed by atoms with Crippen molar-refractivity contribution in [3.63, 3.8) is 0 Å². The summed E-state index contributed by atoms with van der Waals surface area (Å²) in [6.07, 6.45) is 3.49. The highest BCUT2D eigenvalue weighted by molar-refractivity contribution is 7.12. The number of rotatable bonds is 2. The second-order valence-corrected chi connectivity index (χ2v) is 5.60. The van der Waals surface area contributed by atoms with Gasteiger partial charge in [0.15, 0.2) is 0 Å². The summed E-state index contributed by atoms with van der Waals surface area (Å²) in [5, 5.41) is 3.90. The molecule has 0 saturated carbocycles. The van der Waals surface area contributed by atoms with Gasteiger partial charge in [-0.25, -0.2) is 5.01 Å². The molecule has 1 aliphatic heterocycles. The maximum Gasteiger partial charge on any atom is 0.277 e. The molecule has 4 nitrogen and oxygen atoms in total. The first kappa shape index (κ1) is 12.4. The van der Waals surface area contributed by atoms with Crippen LogP contribution < -0.4 is 11.2 Å². The van der Waals surface area contributed by atoms with Crippen LogP contribution in [0.4, 0.5) is 5.69 Å². The first-order valence-electron chi connectivity index (χ1n) is 6.02. The summed E-state index contributed by atoms with van der Waals surface area (Å²) in [5.41, 5.74) is 9.29. The van der Waals surface area contributed by atoms with E-state index in [1.54, 1.807) is 6.07 Å². The van der Waals surface area contributed by atoms with E-state index in [2.05, 4.69) is 24.3 Å². The van der Waals surface area contributed by atoms with Crippen molar-refractivity contribution in [1.82, 2.24) is 10.4 Å². The van der Waals surface area contributed by atoms with Crippen LogP contribution in [0.15, 0.2) is 11.4 Å². The molecule has 1 fully saturated rings. The monoisotopic (exact) mass is 253 g/mol. The number of carbonyl (C=O) groups excluding carboxylic acids is 1. The molecular formula is C12H19N3OS. The number of hydrogen-bond acceptors (Lipinski definition) is 4. The molecular weight excluding hydrogens is 234 g/mol. The summed E-state index contributed by atoms with van der Waals surface area (Å²) < 4.78 is 0. The molecule has 2 atom stereocenters. The Morgan fingerprint density at radius 3 is 2.65 bits per heavy atom. The van der Waals surface area contributed by atoms with Gasteiger partial charge in [-0.05, 0) is 38.1 Å². The van der Waals surface area contributed by atoms with E-state index < -0.39 is 0 Å². The number of nitrogen functional groups attached to an aromatic ring is 1. The smallest absolute Gasteiger partial charge is 0.277 e. The highest BCUT2D eigenvalue weighted by atomic mass is 32.1. The number of hydrazine groups is 1. The Bertz CT molecular complexity index is 394. The average molecular weight is 253 g/mol. The summed E-state index contributed by atoms with van der Waals surface area (Å²) in [7, 11) is 0. The minimum absolute atomic E-state index is 0.0851. The third-order valence-corrected chi connectivity index (χ3v) is 4.26. The van der Waals surface area contributed by atoms with Crippen LogP contribution in [-0.2, 0) is 0 Å². The van der Waals surface area contributed by atoms with Gasteiger partial charge >= 0.3 is 0 Å². The third kappa shape index (κ3) is 2.61. The molecule has 3 N–H and O–H groups in total. The van der Waals surface area contributed by atoms with Gasteiger partial charge in [0.05, 0.1) is 5.69 Å². The lowest BCUT2D eigenvalue weighted by atomic mass is 10.00. The Hall–Kier alpha value is -1.07. The Kier molecular flexibility index (Phi) is 3.69. The molecule has 1 amide bonds. The molecule has 1 saturated heterocycles. The lowest BCUT2D eigenvalue weighted by molar-refractivity contribution is 0.0373. The van der Waals surface area contributed by atoms with Gasteiger partial charge in [0, 0.05) is 12.1 Å². The van der Waals surface area contributed by atoms with Gasteiger partial charge in [-0.2, -0.15) is 0 Å². The maximum atomic E-state index is 12.1. The quantitative estimate of drug-likeness (QED) is 0.850. The van der Waals surface area contributed by atoms with Crippen molar-refractivity contribution in [2.75, 3.05) is 5.73 Å². The zero-order valence-corrected chi connectivity index (χ0v) is 11.1. The lowest BCUT2D eigenvalue weighted by Gasteiger charge is -2.38. The van der Waals surface area contributed by atoms with E-state index in [9.17, 15) is 4.79 Å². The van der Waals surface area contributed by atoms with Crippen LogP contribution in [0.2, 0.25) is 0 Å². The molecule has 2 unspecified atom stereocenters. The molecule has 0 aromatic carbocycles. The molecule has 2 heterocycles. The van der Waals surface area contributed by atoms with Gasteiger partial charge in [0.1, 0.15) is 4.88 Å². The Labute approximate surface area is 106 Å². The number of piperidine rings is 1. The van der Waals surface area contributed by atoms with Crippen molar-refractivity contribution in [2.45, 2.75) is 45.2 Å². The number of hydrogen-bond donors (Lipinski definition) is 2. The lowest BCUT2D eigenvalue weighted by Crippen LogP contribution is -2.54. The summed E-state index contributed by atoms with van der Waals surface area (Å²) in [6.45, 7) is 4.29. The standard InChI is InChI=1S/C12H19N3OS/c1-8-4-3-5-9(2)15(8)14-12(16)11-10(13)6-7-17-11/h6-9H,3-5,13H2,1-2H3,(H,14,16). The molecule has 0 spiro atoms. The molecule has 17 heavy (non-hydrogen) atoms. The van der Waals surface area contributed by atoms with Gasteiger partial charge < -0.3 is 5.73 Å². The van der Waals surface area contributed by atoms with Gasteiger partial charge in [0.2, 0.25) is 0 Å². The number of thiophene rings is 1. The molecule has 2 rings (SSSR count). The topological polar surface area (TPSA) is 58.4 Å². The molecule has 1 aromatic rings. The minimum Gasteiger partial charge on any atom is -0.397 e. The van der Waals surface area contributed by atoms with E-state index in [1.165, 1.54) is 17.8 Å². The zero-order chi connectivity index (χ0) is 12.4. The number of nitrogens with zero attached hydrogens (tertiary/aromatic N) is 1. The normalized spacial score (nSPS) is 25.8. The van der Waals surface area contributed by atoms with Crippen molar-refractivity contribution in [3.05, 3.63) is 16.3 Å². The van der Waals surface area contributed by atoms with Crippen molar-refractivity contribution in [1.29, 1.82) is 0 Å². The maximum absolute atomic E-state index is 12.1. The molecule has 0 bridgehead atoms. The largest absolute Gasteiger partial charge is 0.397 e. The van der Waals surface area contributed by atoms with E-state index in [0.29, 0.717) is 22.6 Å². The number of nitrogens with one attached hydrogen (secondary N) is 1. The van der Waals surface area contributed by atoms with Crippen molar-refractivity contribution in [2.24, 2.45) is 0 Å². The summed E-state index contributed by atoms with van der Waals surface area (Å²) in [6, 6.07) is 2.55. The van der Waals surface area contributed by atoms with E-state index in [4.69, 9.17) is 5.73 Å². The number of nitrogens with two attached hydrogens (primary N) is 1. The van der Waals surface area contributed by atoms with Crippen LogP contribution in [0.3, 0.4) is 0 Å². The highest BCUT2D eigenvalue weighted by Crippen LogP contribution is 2.22. The molecule has 5 heteroatoms. The second-order valence-electron chi connectivity index (χ2n) is 4.68. The van der Waals surface area contributed by atoms with Crippen molar-refractivity contribution in [3.8, 4) is 0 Å². The Balaban J connectivity index is 2.05. The number of carbonyl (C=O) groups is 1. The van der Waals surface area contributed by atoms with E-state index in [1.807, 2.05) is 5.38 Å². The van der Waals surface area contributed by atoms with Crippen LogP contribution in [0.25, 0.3) is 0 Å². The number of anilines is 1. The molecule has 0 radical (unpaired) electrons. The Morgan fingerprint density at radius 1 is 1.47 bits per heavy atom. The first-order valence-corrected chi connectivity index (χ1v) is 6.90. The highest BCUT2D eigenvalue weighted by Gasteiger charge is 2.27. The summed E-state index contributed by atoms with van der Waals surface area (Å²) in [5.74, 6) is -0.0851. The number of amides is 1. The fourth-order valence-corrected chi connectivity index (χ4v) is 3.02. The van der Waals surface area contributed by atoms with Gasteiger partial charge in [-0.1, -0.05) is 6.42 Å². The van der Waals surface area contributed by atoms with Crippen molar-refractivity contribution < 1.29 is 4.79 Å². The predicted molar refractivity (Wildman–Crippen MR) is 70.8 cm³/mol. The third-order valence-electron chi connectivity index (χ3n) is 3.33. The van der Waals surface area contributed by atoms with Crippen LogP contribution in [0.1, 0.15) is 42.8 Å². The van der Waals surface area contributed by atoms with Crippen LogP contribution in [0, 0.1) is 0 Å². The SMILES string of the molecule is CC1CCCC(C)N1NC(=O)c1sccc1N. The molecule has 94 valence electrons. The molecule has 1 aromatic heterocycles. The Morgan fingerprint density at radius 2 is 2.12 bits per heavy atom. The fraction of sp³-hybridized carbons (Fsp3) is 0.583. The van der Waals surface area contributed by atoms with E-state index in [0.717, 1.165) is 12.8 Å². The minimum atomic E-state index is -0.0851. The first-order chi connectivity index (χ1) is 8.09. The van der Waals surface area contributed by atoms with Gasteiger partial charge in [-0.15, -0.1) is 11.3 Å². The average Bonchev–Trinajstić information content (AvgIpc) is 2.70. The van der Waals surface area contributed by atoms with Crippen LogP contribution in [0.5, 0.6) is 0 Å². The van der Waals surface area contributed by atoms with Crippen LogP contribution >= 0.6 is 11.3 Å². The summed E-state index contributed by atoms with van der Waals surface area (Å²) >= 11 is 1.38. The fourth-order valence-electron chi connectivity index (χ4n) is 2.31. The van der Waals surface area contributed by atoms with Crippen molar-refractivity contribution >= 4 is 22.9 Å². The predicted octanol–water partition coefficient (Wildman–Crippen LogP) is 2.24. The molecule has 1 aliphatic rings.